The third kappa shape index (κ3) is 2.44. The van der Waals surface area contributed by atoms with Gasteiger partial charge in [-0.3, -0.25) is 0 Å². The van der Waals surface area contributed by atoms with Crippen LogP contribution in [-0.2, 0) is 9.47 Å². The number of ether oxygens (including phenoxy) is 2. The SMILES string of the molecule is N#CCC1COC(CC2CCCN2)O1. The number of nitrogens with one attached hydrogen (secondary N) is 1. The van der Waals surface area contributed by atoms with E-state index in [2.05, 4.69) is 11.4 Å². The molecule has 2 saturated heterocycles. The van der Waals surface area contributed by atoms with Crippen molar-refractivity contribution in [3.05, 3.63) is 0 Å². The summed E-state index contributed by atoms with van der Waals surface area (Å²) in [5.41, 5.74) is 0. The molecule has 1 N–H and O–H groups in total. The fourth-order valence-corrected chi connectivity index (χ4v) is 2.03. The molecule has 2 rings (SSSR count). The van der Waals surface area contributed by atoms with Crippen LogP contribution in [0.2, 0.25) is 0 Å². The molecule has 0 bridgehead atoms. The molecule has 2 fully saturated rings. The number of rotatable bonds is 3. The lowest BCUT2D eigenvalue weighted by Gasteiger charge is -2.15. The van der Waals surface area contributed by atoms with Crippen molar-refractivity contribution in [2.24, 2.45) is 0 Å². The highest BCUT2D eigenvalue weighted by atomic mass is 16.7. The van der Waals surface area contributed by atoms with Crippen molar-refractivity contribution < 1.29 is 9.47 Å². The quantitative estimate of drug-likeness (QED) is 0.725. The van der Waals surface area contributed by atoms with Gasteiger partial charge in [-0.05, 0) is 19.4 Å². The van der Waals surface area contributed by atoms with Gasteiger partial charge in [-0.15, -0.1) is 0 Å². The highest BCUT2D eigenvalue weighted by Crippen LogP contribution is 2.20. The first-order valence-corrected chi connectivity index (χ1v) is 5.26. The largest absolute Gasteiger partial charge is 0.350 e. The first-order valence-electron chi connectivity index (χ1n) is 5.26. The molecule has 0 saturated carbocycles. The molecule has 0 spiro atoms. The summed E-state index contributed by atoms with van der Waals surface area (Å²) in [6.45, 7) is 1.68. The molecule has 3 atom stereocenters. The van der Waals surface area contributed by atoms with Gasteiger partial charge in [0, 0.05) is 12.5 Å². The van der Waals surface area contributed by atoms with Crippen molar-refractivity contribution >= 4 is 0 Å². The van der Waals surface area contributed by atoms with E-state index in [0.29, 0.717) is 19.1 Å². The third-order valence-corrected chi connectivity index (χ3v) is 2.77. The number of nitriles is 1. The minimum Gasteiger partial charge on any atom is -0.350 e. The molecule has 2 heterocycles. The van der Waals surface area contributed by atoms with E-state index < -0.39 is 0 Å². The standard InChI is InChI=1S/C10H16N2O2/c11-4-3-9-7-13-10(14-9)6-8-2-1-5-12-8/h8-10,12H,1-3,5-7H2. The van der Waals surface area contributed by atoms with Crippen molar-refractivity contribution in [2.45, 2.75) is 44.1 Å². The topological polar surface area (TPSA) is 54.3 Å². The number of hydrogen-bond acceptors (Lipinski definition) is 4. The molecule has 2 aliphatic rings. The Kier molecular flexibility index (Phi) is 3.35. The van der Waals surface area contributed by atoms with Crippen molar-refractivity contribution in [1.29, 1.82) is 5.26 Å². The summed E-state index contributed by atoms with van der Waals surface area (Å²) in [5.74, 6) is 0. The zero-order valence-corrected chi connectivity index (χ0v) is 8.24. The molecule has 4 nitrogen and oxygen atoms in total. The van der Waals surface area contributed by atoms with Crippen LogP contribution in [0, 0.1) is 11.3 Å². The summed E-state index contributed by atoms with van der Waals surface area (Å²) in [6.07, 6.45) is 3.72. The van der Waals surface area contributed by atoms with Crippen LogP contribution in [0.25, 0.3) is 0 Å². The fourth-order valence-electron chi connectivity index (χ4n) is 2.03. The average Bonchev–Trinajstić information content (AvgIpc) is 2.79. The zero-order chi connectivity index (χ0) is 9.80. The van der Waals surface area contributed by atoms with E-state index in [-0.39, 0.29) is 12.4 Å². The second-order valence-corrected chi connectivity index (χ2v) is 3.91. The molecule has 3 unspecified atom stereocenters. The molecule has 0 aliphatic carbocycles. The van der Waals surface area contributed by atoms with E-state index in [0.717, 1.165) is 13.0 Å². The molecule has 0 amide bonds. The van der Waals surface area contributed by atoms with Gasteiger partial charge in [-0.1, -0.05) is 0 Å². The summed E-state index contributed by atoms with van der Waals surface area (Å²) in [7, 11) is 0. The maximum absolute atomic E-state index is 8.50. The molecular weight excluding hydrogens is 180 g/mol. The lowest BCUT2D eigenvalue weighted by molar-refractivity contribution is -0.0656. The summed E-state index contributed by atoms with van der Waals surface area (Å²) < 4.78 is 11.0. The monoisotopic (exact) mass is 196 g/mol. The van der Waals surface area contributed by atoms with Gasteiger partial charge >= 0.3 is 0 Å². The first-order chi connectivity index (χ1) is 6.88. The van der Waals surface area contributed by atoms with E-state index in [1.807, 2.05) is 0 Å². The van der Waals surface area contributed by atoms with Gasteiger partial charge in [-0.25, -0.2) is 0 Å². The molecular formula is C10H16N2O2. The minimum absolute atomic E-state index is 0.00796. The second kappa shape index (κ2) is 4.74. The average molecular weight is 196 g/mol. The summed E-state index contributed by atoms with van der Waals surface area (Å²) >= 11 is 0. The van der Waals surface area contributed by atoms with Gasteiger partial charge < -0.3 is 14.8 Å². The Morgan fingerprint density at radius 2 is 2.43 bits per heavy atom. The van der Waals surface area contributed by atoms with E-state index in [1.165, 1.54) is 12.8 Å². The van der Waals surface area contributed by atoms with E-state index in [4.69, 9.17) is 14.7 Å². The number of hydrogen-bond donors (Lipinski definition) is 1. The fraction of sp³-hybridized carbons (Fsp3) is 0.900. The second-order valence-electron chi connectivity index (χ2n) is 3.91. The van der Waals surface area contributed by atoms with Crippen LogP contribution < -0.4 is 5.32 Å². The van der Waals surface area contributed by atoms with Crippen molar-refractivity contribution in [3.63, 3.8) is 0 Å². The van der Waals surface area contributed by atoms with E-state index in [1.54, 1.807) is 0 Å². The third-order valence-electron chi connectivity index (χ3n) is 2.77. The van der Waals surface area contributed by atoms with Crippen molar-refractivity contribution in [3.8, 4) is 6.07 Å². The van der Waals surface area contributed by atoms with E-state index >= 15 is 0 Å². The van der Waals surface area contributed by atoms with Crippen LogP contribution in [0.5, 0.6) is 0 Å². The predicted octanol–water partition coefficient (Wildman–Crippen LogP) is 0.784. The van der Waals surface area contributed by atoms with Crippen LogP contribution in [0.1, 0.15) is 25.7 Å². The molecule has 78 valence electrons. The molecule has 14 heavy (non-hydrogen) atoms. The lowest BCUT2D eigenvalue weighted by Crippen LogP contribution is -2.27. The van der Waals surface area contributed by atoms with Crippen molar-refractivity contribution in [2.75, 3.05) is 13.2 Å². The van der Waals surface area contributed by atoms with Crippen LogP contribution in [0.3, 0.4) is 0 Å². The predicted molar refractivity (Wildman–Crippen MR) is 50.5 cm³/mol. The Hall–Kier alpha value is -0.630. The molecule has 0 aromatic heterocycles. The van der Waals surface area contributed by atoms with E-state index in [9.17, 15) is 0 Å². The molecule has 4 heteroatoms. The highest BCUT2D eigenvalue weighted by Gasteiger charge is 2.28. The Bertz CT molecular complexity index is 221. The Morgan fingerprint density at radius 3 is 3.14 bits per heavy atom. The normalized spacial score (nSPS) is 37.2. The van der Waals surface area contributed by atoms with Crippen LogP contribution in [0.4, 0.5) is 0 Å². The molecule has 0 radical (unpaired) electrons. The zero-order valence-electron chi connectivity index (χ0n) is 8.24. The van der Waals surface area contributed by atoms with Gasteiger partial charge in [0.05, 0.1) is 25.2 Å². The number of nitrogens with zero attached hydrogens (tertiary/aromatic N) is 1. The molecule has 2 aliphatic heterocycles. The maximum Gasteiger partial charge on any atom is 0.159 e. The lowest BCUT2D eigenvalue weighted by atomic mass is 10.1. The molecule has 0 aromatic rings. The Balaban J connectivity index is 1.70. The Morgan fingerprint density at radius 1 is 1.50 bits per heavy atom. The van der Waals surface area contributed by atoms with Gasteiger partial charge in [0.2, 0.25) is 0 Å². The summed E-state index contributed by atoms with van der Waals surface area (Å²) in [6, 6.07) is 2.65. The van der Waals surface area contributed by atoms with Crippen molar-refractivity contribution in [1.82, 2.24) is 5.32 Å². The summed E-state index contributed by atoms with van der Waals surface area (Å²) in [5, 5.41) is 11.9. The smallest absolute Gasteiger partial charge is 0.159 e. The highest BCUT2D eigenvalue weighted by molar-refractivity contribution is 4.81. The van der Waals surface area contributed by atoms with Gasteiger partial charge in [-0.2, -0.15) is 5.26 Å². The van der Waals surface area contributed by atoms with Crippen LogP contribution in [0.15, 0.2) is 0 Å². The maximum atomic E-state index is 8.50. The summed E-state index contributed by atoms with van der Waals surface area (Å²) in [4.78, 5) is 0. The molecule has 0 aromatic carbocycles. The minimum atomic E-state index is -0.0936. The Labute approximate surface area is 84.2 Å². The van der Waals surface area contributed by atoms with Gasteiger partial charge in [0.1, 0.15) is 0 Å². The van der Waals surface area contributed by atoms with Gasteiger partial charge in [0.25, 0.3) is 0 Å². The van der Waals surface area contributed by atoms with Crippen LogP contribution >= 0.6 is 0 Å². The first kappa shape index (κ1) is 9.91. The van der Waals surface area contributed by atoms with Gasteiger partial charge in [0.15, 0.2) is 6.29 Å². The van der Waals surface area contributed by atoms with Crippen LogP contribution in [-0.4, -0.2) is 31.6 Å².